The number of aliphatic hydroxyl groups is 7. The molecule has 2 aromatic carbocycles. The second-order valence-electron chi connectivity index (χ2n) is 14.1. The Balaban J connectivity index is 1.67. The molecule has 3 aliphatic rings. The van der Waals surface area contributed by atoms with Crippen LogP contribution in [-0.2, 0) is 27.1 Å². The van der Waals surface area contributed by atoms with E-state index in [2.05, 4.69) is 0 Å². The van der Waals surface area contributed by atoms with Crippen LogP contribution in [0.4, 0.5) is 0 Å². The second-order valence-corrected chi connectivity index (χ2v) is 14.1. The molecule has 0 amide bonds. The van der Waals surface area contributed by atoms with E-state index in [1.165, 1.54) is 13.0 Å². The summed E-state index contributed by atoms with van der Waals surface area (Å²) in [7, 11) is 0. The number of rotatable bonds is 10. The molecule has 2 aromatic rings. The Hall–Kier alpha value is -3.81. The van der Waals surface area contributed by atoms with Crippen molar-refractivity contribution in [2.45, 2.75) is 121 Å². The summed E-state index contributed by atoms with van der Waals surface area (Å²) < 4.78 is 29.7. The standard InChI is InChI=1S/C37H48O16/c1-14(2)6-8-17-10-18(11-21(40)26(17)42)33-35(53-36-31(47)29(45)25(41)16(5)49-36)28(44)24-20(39)12-22(19(34(24)52-33)9-7-15(3)4)50-37-32(48)30(46)27(43)23(13-38)51-37/h6-7,10-12,16,23,25,27,29-33,35-43,45-48H,8-9,13H2,1-5H3. The van der Waals surface area contributed by atoms with Gasteiger partial charge >= 0.3 is 0 Å². The van der Waals surface area contributed by atoms with Crippen LogP contribution in [0.25, 0.3) is 0 Å². The number of fused-ring (bicyclic) bond motifs is 1. The number of ketones is 1. The van der Waals surface area contributed by atoms with Gasteiger partial charge in [0.1, 0.15) is 65.5 Å². The molecule has 0 aliphatic carbocycles. The van der Waals surface area contributed by atoms with Gasteiger partial charge in [0, 0.05) is 17.2 Å². The number of carbonyl (C=O) groups is 1. The van der Waals surface area contributed by atoms with E-state index in [0.29, 0.717) is 0 Å². The Morgan fingerprint density at radius 2 is 1.40 bits per heavy atom. The molecular weight excluding hydrogens is 700 g/mol. The predicted molar refractivity (Wildman–Crippen MR) is 183 cm³/mol. The summed E-state index contributed by atoms with van der Waals surface area (Å²) in [6, 6.07) is 3.70. The van der Waals surface area contributed by atoms with Gasteiger partial charge in [-0.15, -0.1) is 0 Å². The van der Waals surface area contributed by atoms with Crippen molar-refractivity contribution in [3.8, 4) is 28.7 Å². The summed E-state index contributed by atoms with van der Waals surface area (Å²) in [4.78, 5) is 14.5. The van der Waals surface area contributed by atoms with E-state index >= 15 is 0 Å². The lowest BCUT2D eigenvalue weighted by Crippen LogP contribution is -2.60. The molecule has 0 spiro atoms. The van der Waals surface area contributed by atoms with Crippen LogP contribution < -0.4 is 9.47 Å². The van der Waals surface area contributed by atoms with E-state index in [1.54, 1.807) is 26.0 Å². The molecular formula is C37H48O16. The number of hydrogen-bond acceptors (Lipinski definition) is 16. The van der Waals surface area contributed by atoms with E-state index in [4.69, 9.17) is 23.7 Å². The number of allylic oxidation sites excluding steroid dienone is 4. The number of carbonyl (C=O) groups excluding carboxylic acids is 1. The first-order valence-corrected chi connectivity index (χ1v) is 17.2. The quantitative estimate of drug-likeness (QED) is 0.117. The van der Waals surface area contributed by atoms with Crippen molar-refractivity contribution in [1.29, 1.82) is 0 Å². The average Bonchev–Trinajstić information content (AvgIpc) is 3.10. The van der Waals surface area contributed by atoms with E-state index < -0.39 is 103 Å². The third-order valence-corrected chi connectivity index (χ3v) is 9.49. The highest BCUT2D eigenvalue weighted by atomic mass is 16.7. The van der Waals surface area contributed by atoms with Gasteiger partial charge in [-0.2, -0.15) is 0 Å². The van der Waals surface area contributed by atoms with E-state index in [0.717, 1.165) is 23.3 Å². The molecule has 5 rings (SSSR count). The van der Waals surface area contributed by atoms with Crippen molar-refractivity contribution in [1.82, 2.24) is 0 Å². The fraction of sp³-hybridized carbons (Fsp3) is 0.541. The van der Waals surface area contributed by atoms with Crippen molar-refractivity contribution in [2.24, 2.45) is 0 Å². The molecule has 16 heteroatoms. The van der Waals surface area contributed by atoms with Crippen molar-refractivity contribution in [3.63, 3.8) is 0 Å². The molecule has 3 heterocycles. The van der Waals surface area contributed by atoms with Crippen molar-refractivity contribution >= 4 is 5.78 Å². The fourth-order valence-corrected chi connectivity index (χ4v) is 6.38. The topological polar surface area (TPSA) is 266 Å². The maximum absolute atomic E-state index is 14.5. The van der Waals surface area contributed by atoms with E-state index in [1.807, 2.05) is 13.8 Å². The number of aliphatic hydroxyl groups excluding tert-OH is 7. The molecule has 0 radical (unpaired) electrons. The zero-order valence-electron chi connectivity index (χ0n) is 29.9. The summed E-state index contributed by atoms with van der Waals surface area (Å²) in [6.45, 7) is 7.99. The zero-order valence-corrected chi connectivity index (χ0v) is 29.9. The first-order valence-electron chi connectivity index (χ1n) is 17.2. The fourth-order valence-electron chi connectivity index (χ4n) is 6.38. The molecule has 2 fully saturated rings. The van der Waals surface area contributed by atoms with Crippen molar-refractivity contribution in [3.05, 3.63) is 63.8 Å². The minimum absolute atomic E-state index is 0.0158. The molecule has 0 bridgehead atoms. The van der Waals surface area contributed by atoms with Crippen LogP contribution in [0.15, 0.2) is 41.5 Å². The summed E-state index contributed by atoms with van der Waals surface area (Å²) in [6.07, 6.45) is -15.4. The van der Waals surface area contributed by atoms with Crippen LogP contribution in [0.3, 0.4) is 0 Å². The van der Waals surface area contributed by atoms with Crippen LogP contribution in [0, 0.1) is 0 Å². The molecule has 12 unspecified atom stereocenters. The Labute approximate surface area is 305 Å². The number of Topliss-reactive ketones (excluding diaryl/α,β-unsaturated/α-hetero) is 1. The second kappa shape index (κ2) is 16.3. The Bertz CT molecular complexity index is 1710. The number of hydrogen-bond donors (Lipinski definition) is 10. The normalized spacial score (nSPS) is 32.7. The molecule has 292 valence electrons. The number of benzene rings is 2. The highest BCUT2D eigenvalue weighted by Crippen LogP contribution is 2.49. The minimum Gasteiger partial charge on any atom is -0.507 e. The van der Waals surface area contributed by atoms with Gasteiger partial charge in [-0.3, -0.25) is 4.79 Å². The average molecular weight is 749 g/mol. The maximum atomic E-state index is 14.5. The first kappa shape index (κ1) is 40.4. The molecule has 2 saturated heterocycles. The Kier molecular flexibility index (Phi) is 12.4. The highest BCUT2D eigenvalue weighted by molar-refractivity contribution is 6.06. The van der Waals surface area contributed by atoms with Gasteiger partial charge < -0.3 is 74.7 Å². The number of phenolic OH excluding ortho intramolecular Hbond substituents is 3. The smallest absolute Gasteiger partial charge is 0.229 e. The van der Waals surface area contributed by atoms with Gasteiger partial charge in [0.15, 0.2) is 30.0 Å². The summed E-state index contributed by atoms with van der Waals surface area (Å²) in [5.74, 6) is -2.89. The Morgan fingerprint density at radius 1 is 0.774 bits per heavy atom. The lowest BCUT2D eigenvalue weighted by Gasteiger charge is -2.42. The van der Waals surface area contributed by atoms with Gasteiger partial charge in [-0.1, -0.05) is 23.3 Å². The van der Waals surface area contributed by atoms with Gasteiger partial charge in [-0.05, 0) is 65.2 Å². The Morgan fingerprint density at radius 3 is 2.04 bits per heavy atom. The lowest BCUT2D eigenvalue weighted by molar-refractivity contribution is -0.304. The van der Waals surface area contributed by atoms with Crippen LogP contribution in [-0.4, -0.2) is 131 Å². The van der Waals surface area contributed by atoms with Crippen LogP contribution >= 0.6 is 0 Å². The summed E-state index contributed by atoms with van der Waals surface area (Å²) in [5, 5.41) is 106. The lowest BCUT2D eigenvalue weighted by atomic mass is 9.88. The largest absolute Gasteiger partial charge is 0.507 e. The van der Waals surface area contributed by atoms with Gasteiger partial charge in [-0.25, -0.2) is 0 Å². The number of ether oxygens (including phenoxy) is 5. The summed E-state index contributed by atoms with van der Waals surface area (Å²) >= 11 is 0. The first-order chi connectivity index (χ1) is 24.9. The number of aromatic hydroxyl groups is 3. The molecule has 53 heavy (non-hydrogen) atoms. The molecule has 3 aliphatic heterocycles. The van der Waals surface area contributed by atoms with Crippen LogP contribution in [0.2, 0.25) is 0 Å². The molecule has 0 saturated carbocycles. The molecule has 10 N–H and O–H groups in total. The third kappa shape index (κ3) is 8.17. The minimum atomic E-state index is -1.83. The van der Waals surface area contributed by atoms with Gasteiger partial charge in [0.05, 0.1) is 12.7 Å². The van der Waals surface area contributed by atoms with Crippen molar-refractivity contribution < 1.29 is 79.5 Å². The summed E-state index contributed by atoms with van der Waals surface area (Å²) in [5.41, 5.74) is 1.90. The third-order valence-electron chi connectivity index (χ3n) is 9.49. The van der Waals surface area contributed by atoms with Gasteiger partial charge in [0.25, 0.3) is 0 Å². The molecule has 16 nitrogen and oxygen atoms in total. The van der Waals surface area contributed by atoms with Crippen molar-refractivity contribution in [2.75, 3.05) is 6.61 Å². The SMILES string of the molecule is CC(C)=CCc1cc(C2Oc3c(CC=C(C)C)c(OC4OC(CO)C(O)C(O)C4O)cc(O)c3C(=O)C2OC2OC(C)C(O)C(O)C2O)cc(O)c1O. The zero-order chi connectivity index (χ0) is 39.0. The van der Waals surface area contributed by atoms with Crippen LogP contribution in [0.5, 0.6) is 28.7 Å². The predicted octanol–water partition coefficient (Wildman–Crippen LogP) is 0.529. The number of phenols is 3. The van der Waals surface area contributed by atoms with Gasteiger partial charge in [0.2, 0.25) is 12.1 Å². The van der Waals surface area contributed by atoms with Crippen LogP contribution in [0.1, 0.15) is 67.8 Å². The molecule has 12 atom stereocenters. The highest BCUT2D eigenvalue weighted by Gasteiger charge is 2.50. The monoisotopic (exact) mass is 748 g/mol. The van der Waals surface area contributed by atoms with E-state index in [9.17, 15) is 55.9 Å². The van der Waals surface area contributed by atoms with E-state index in [-0.39, 0.29) is 46.6 Å². The molecule has 0 aromatic heterocycles. The maximum Gasteiger partial charge on any atom is 0.229 e.